The molecule has 6 heteroatoms. The Morgan fingerprint density at radius 3 is 2.67 bits per heavy atom. The average molecular weight is 373 g/mol. The summed E-state index contributed by atoms with van der Waals surface area (Å²) in [6.07, 6.45) is 0. The van der Waals surface area contributed by atoms with Crippen LogP contribution in [0.1, 0.15) is 15.9 Å². The first-order valence-electron chi connectivity index (χ1n) is 6.03. The molecule has 2 aromatic carbocycles. The van der Waals surface area contributed by atoms with E-state index in [0.717, 1.165) is 11.6 Å². The number of hydrogen-bond donors (Lipinski definition) is 1. The quantitative estimate of drug-likeness (QED) is 0.839. The van der Waals surface area contributed by atoms with E-state index in [4.69, 9.17) is 16.3 Å². The fourth-order valence-electron chi connectivity index (χ4n) is 1.76. The van der Waals surface area contributed by atoms with Gasteiger partial charge in [-0.3, -0.25) is 4.79 Å². The van der Waals surface area contributed by atoms with Crippen molar-refractivity contribution in [2.45, 2.75) is 6.92 Å². The molecule has 0 radical (unpaired) electrons. The van der Waals surface area contributed by atoms with Gasteiger partial charge in [-0.05, 0) is 52.7 Å². The van der Waals surface area contributed by atoms with Crippen LogP contribution in [-0.4, -0.2) is 13.0 Å². The molecular formula is C15H12BrClFNO2. The van der Waals surface area contributed by atoms with Crippen molar-refractivity contribution >= 4 is 39.1 Å². The Labute approximate surface area is 135 Å². The van der Waals surface area contributed by atoms with Gasteiger partial charge in [0.05, 0.1) is 17.3 Å². The standard InChI is InChI=1S/C15H12BrClFNO2/c1-8-5-13(14(21-2)7-11(8)17)19-15(20)9-3-4-10(16)12(18)6-9/h3-7H,1-2H3,(H,19,20). The summed E-state index contributed by atoms with van der Waals surface area (Å²) in [5.74, 6) is -0.486. The first-order valence-corrected chi connectivity index (χ1v) is 7.20. The maximum absolute atomic E-state index is 13.5. The fraction of sp³-hybridized carbons (Fsp3) is 0.133. The number of carbonyl (C=O) groups excluding carboxylic acids is 1. The number of anilines is 1. The molecule has 1 amide bonds. The lowest BCUT2D eigenvalue weighted by molar-refractivity contribution is 0.102. The smallest absolute Gasteiger partial charge is 0.255 e. The Morgan fingerprint density at radius 1 is 1.33 bits per heavy atom. The summed E-state index contributed by atoms with van der Waals surface area (Å²) >= 11 is 9.05. The lowest BCUT2D eigenvalue weighted by Gasteiger charge is -2.12. The first-order chi connectivity index (χ1) is 9.92. The SMILES string of the molecule is COc1cc(Cl)c(C)cc1NC(=O)c1ccc(Br)c(F)c1. The van der Waals surface area contributed by atoms with Crippen molar-refractivity contribution in [3.05, 3.63) is 56.8 Å². The summed E-state index contributed by atoms with van der Waals surface area (Å²) in [6.45, 7) is 1.82. The van der Waals surface area contributed by atoms with E-state index in [-0.39, 0.29) is 5.56 Å². The number of carbonyl (C=O) groups is 1. The molecule has 0 saturated carbocycles. The molecule has 0 bridgehead atoms. The molecule has 21 heavy (non-hydrogen) atoms. The molecule has 0 spiro atoms. The Hall–Kier alpha value is -1.59. The van der Waals surface area contributed by atoms with E-state index < -0.39 is 11.7 Å². The third-order valence-electron chi connectivity index (χ3n) is 2.91. The highest BCUT2D eigenvalue weighted by molar-refractivity contribution is 9.10. The van der Waals surface area contributed by atoms with Gasteiger partial charge in [0.2, 0.25) is 0 Å². The minimum atomic E-state index is -0.498. The second kappa shape index (κ2) is 6.45. The fourth-order valence-corrected chi connectivity index (χ4v) is 2.16. The van der Waals surface area contributed by atoms with Gasteiger partial charge in [-0.2, -0.15) is 0 Å². The Bertz CT molecular complexity index is 706. The van der Waals surface area contributed by atoms with Crippen LogP contribution in [0.25, 0.3) is 0 Å². The van der Waals surface area contributed by atoms with Crippen molar-refractivity contribution < 1.29 is 13.9 Å². The van der Waals surface area contributed by atoms with Crippen LogP contribution in [0.2, 0.25) is 5.02 Å². The Morgan fingerprint density at radius 2 is 2.05 bits per heavy atom. The number of aryl methyl sites for hydroxylation is 1. The molecule has 0 aliphatic rings. The normalized spacial score (nSPS) is 10.3. The lowest BCUT2D eigenvalue weighted by Crippen LogP contribution is -2.13. The summed E-state index contributed by atoms with van der Waals surface area (Å²) in [7, 11) is 1.48. The van der Waals surface area contributed by atoms with E-state index in [1.165, 1.54) is 19.2 Å². The Kier molecular flexibility index (Phi) is 4.85. The number of ether oxygens (including phenoxy) is 1. The van der Waals surface area contributed by atoms with Gasteiger partial charge in [0.1, 0.15) is 11.6 Å². The van der Waals surface area contributed by atoms with E-state index >= 15 is 0 Å². The summed E-state index contributed by atoms with van der Waals surface area (Å²) in [4.78, 5) is 12.2. The van der Waals surface area contributed by atoms with Crippen LogP contribution >= 0.6 is 27.5 Å². The molecule has 0 aliphatic carbocycles. The zero-order valence-electron chi connectivity index (χ0n) is 11.3. The first kappa shape index (κ1) is 15.8. The van der Waals surface area contributed by atoms with Crippen molar-refractivity contribution in [2.75, 3.05) is 12.4 Å². The molecule has 1 N–H and O–H groups in total. The summed E-state index contributed by atoms with van der Waals surface area (Å²) in [6, 6.07) is 7.49. The van der Waals surface area contributed by atoms with Crippen LogP contribution in [0, 0.1) is 12.7 Å². The topological polar surface area (TPSA) is 38.3 Å². The second-order valence-electron chi connectivity index (χ2n) is 4.38. The van der Waals surface area contributed by atoms with Crippen molar-refractivity contribution in [2.24, 2.45) is 0 Å². The molecule has 0 aromatic heterocycles. The van der Waals surface area contributed by atoms with Gasteiger partial charge in [0.15, 0.2) is 0 Å². The number of benzene rings is 2. The van der Waals surface area contributed by atoms with Gasteiger partial charge in [-0.1, -0.05) is 11.6 Å². The van der Waals surface area contributed by atoms with E-state index in [1.807, 2.05) is 6.92 Å². The van der Waals surface area contributed by atoms with Crippen LogP contribution in [0.4, 0.5) is 10.1 Å². The van der Waals surface area contributed by atoms with Gasteiger partial charge >= 0.3 is 0 Å². The summed E-state index contributed by atoms with van der Waals surface area (Å²) in [5, 5.41) is 3.23. The number of methoxy groups -OCH3 is 1. The molecule has 2 rings (SSSR count). The van der Waals surface area contributed by atoms with Gasteiger partial charge in [-0.25, -0.2) is 4.39 Å². The van der Waals surface area contributed by atoms with E-state index in [9.17, 15) is 9.18 Å². The second-order valence-corrected chi connectivity index (χ2v) is 5.65. The molecule has 0 heterocycles. The van der Waals surface area contributed by atoms with E-state index in [0.29, 0.717) is 20.9 Å². The average Bonchev–Trinajstić information content (AvgIpc) is 2.45. The maximum Gasteiger partial charge on any atom is 0.255 e. The molecule has 0 saturated heterocycles. The van der Waals surface area contributed by atoms with Crippen LogP contribution in [0.5, 0.6) is 5.75 Å². The Balaban J connectivity index is 2.31. The number of amides is 1. The van der Waals surface area contributed by atoms with Crippen LogP contribution in [0.15, 0.2) is 34.8 Å². The number of nitrogens with one attached hydrogen (secondary N) is 1. The third-order valence-corrected chi connectivity index (χ3v) is 3.96. The lowest BCUT2D eigenvalue weighted by atomic mass is 10.1. The molecule has 0 fully saturated rings. The molecular weight excluding hydrogens is 361 g/mol. The number of rotatable bonds is 3. The van der Waals surface area contributed by atoms with Gasteiger partial charge in [0, 0.05) is 16.7 Å². The maximum atomic E-state index is 13.5. The highest BCUT2D eigenvalue weighted by atomic mass is 79.9. The minimum Gasteiger partial charge on any atom is -0.495 e. The molecule has 3 nitrogen and oxygen atoms in total. The molecule has 0 atom stereocenters. The number of halogens is 3. The van der Waals surface area contributed by atoms with Crippen molar-refractivity contribution in [1.29, 1.82) is 0 Å². The van der Waals surface area contributed by atoms with E-state index in [1.54, 1.807) is 12.1 Å². The van der Waals surface area contributed by atoms with E-state index in [2.05, 4.69) is 21.2 Å². The van der Waals surface area contributed by atoms with Crippen molar-refractivity contribution in [3.63, 3.8) is 0 Å². The monoisotopic (exact) mass is 371 g/mol. The van der Waals surface area contributed by atoms with Crippen LogP contribution < -0.4 is 10.1 Å². The minimum absolute atomic E-state index is 0.213. The van der Waals surface area contributed by atoms with Crippen LogP contribution in [-0.2, 0) is 0 Å². The van der Waals surface area contributed by atoms with Crippen molar-refractivity contribution in [3.8, 4) is 5.75 Å². The van der Waals surface area contributed by atoms with Gasteiger partial charge < -0.3 is 10.1 Å². The zero-order valence-corrected chi connectivity index (χ0v) is 13.7. The summed E-state index contributed by atoms with van der Waals surface area (Å²) in [5.41, 5.74) is 1.49. The number of hydrogen-bond acceptors (Lipinski definition) is 2. The largest absolute Gasteiger partial charge is 0.495 e. The third kappa shape index (κ3) is 3.54. The van der Waals surface area contributed by atoms with Gasteiger partial charge in [-0.15, -0.1) is 0 Å². The highest BCUT2D eigenvalue weighted by Crippen LogP contribution is 2.31. The van der Waals surface area contributed by atoms with Gasteiger partial charge in [0.25, 0.3) is 5.91 Å². The molecule has 0 unspecified atom stereocenters. The van der Waals surface area contributed by atoms with Crippen LogP contribution in [0.3, 0.4) is 0 Å². The summed E-state index contributed by atoms with van der Waals surface area (Å²) < 4.78 is 19.0. The molecule has 2 aromatic rings. The zero-order chi connectivity index (χ0) is 15.6. The van der Waals surface area contributed by atoms with Crippen molar-refractivity contribution in [1.82, 2.24) is 0 Å². The predicted octanol–water partition coefficient (Wildman–Crippen LogP) is 4.81. The molecule has 110 valence electrons. The highest BCUT2D eigenvalue weighted by Gasteiger charge is 2.13. The predicted molar refractivity (Wildman–Crippen MR) is 84.8 cm³/mol. The molecule has 0 aliphatic heterocycles.